The van der Waals surface area contributed by atoms with Crippen molar-refractivity contribution < 1.29 is 8.42 Å². The van der Waals surface area contributed by atoms with Gasteiger partial charge in [-0.25, -0.2) is 4.98 Å². The van der Waals surface area contributed by atoms with E-state index in [1.54, 1.807) is 42.0 Å². The number of hydrogen-bond donors (Lipinski definition) is 1. The van der Waals surface area contributed by atoms with Gasteiger partial charge in [0.05, 0.1) is 11.4 Å². The van der Waals surface area contributed by atoms with Crippen molar-refractivity contribution in [3.05, 3.63) is 36.3 Å². The van der Waals surface area contributed by atoms with Gasteiger partial charge in [-0.05, 0) is 26.0 Å². The van der Waals surface area contributed by atoms with Crippen molar-refractivity contribution in [1.29, 1.82) is 0 Å². The van der Waals surface area contributed by atoms with E-state index in [2.05, 4.69) is 4.98 Å². The molecule has 1 aromatic carbocycles. The summed E-state index contributed by atoms with van der Waals surface area (Å²) in [4.78, 5) is 4.12. The highest BCUT2D eigenvalue weighted by molar-refractivity contribution is 7.92. The highest BCUT2D eigenvalue weighted by Crippen LogP contribution is 2.26. The zero-order valence-corrected chi connectivity index (χ0v) is 12.6. The van der Waals surface area contributed by atoms with Crippen LogP contribution in [0.2, 0.25) is 0 Å². The molecule has 0 aliphatic heterocycles. The third-order valence-electron chi connectivity index (χ3n) is 3.20. The van der Waals surface area contributed by atoms with Crippen molar-refractivity contribution in [3.8, 4) is 0 Å². The number of sulfonamides is 1. The molecule has 0 unspecified atom stereocenters. The van der Waals surface area contributed by atoms with Crippen LogP contribution in [0.15, 0.2) is 35.5 Å². The van der Waals surface area contributed by atoms with E-state index in [0.717, 1.165) is 4.31 Å². The Morgan fingerprint density at radius 1 is 1.35 bits per heavy atom. The minimum Gasteiger partial charge on any atom is -0.397 e. The van der Waals surface area contributed by atoms with Crippen molar-refractivity contribution in [3.63, 3.8) is 0 Å². The number of para-hydroxylation sites is 2. The predicted octanol–water partition coefficient (Wildman–Crippen LogP) is 1.62. The normalized spacial score (nSPS) is 11.6. The van der Waals surface area contributed by atoms with Gasteiger partial charge >= 0.3 is 0 Å². The fraction of sp³-hybridized carbons (Fsp3) is 0.308. The molecule has 108 valence electrons. The maximum Gasteiger partial charge on any atom is 0.283 e. The Morgan fingerprint density at radius 2 is 2.00 bits per heavy atom. The zero-order chi connectivity index (χ0) is 14.9. The number of imidazole rings is 1. The molecule has 1 heterocycles. The Labute approximate surface area is 118 Å². The first-order valence-corrected chi connectivity index (χ1v) is 7.69. The predicted molar refractivity (Wildman–Crippen MR) is 79.1 cm³/mol. The van der Waals surface area contributed by atoms with Gasteiger partial charge in [0, 0.05) is 19.8 Å². The molecule has 2 N–H and O–H groups in total. The molecule has 7 heteroatoms. The van der Waals surface area contributed by atoms with Gasteiger partial charge in [-0.15, -0.1) is 0 Å². The van der Waals surface area contributed by atoms with Gasteiger partial charge in [0.15, 0.2) is 5.03 Å². The molecule has 0 fully saturated rings. The van der Waals surface area contributed by atoms with Crippen LogP contribution in [0.4, 0.5) is 11.4 Å². The summed E-state index contributed by atoms with van der Waals surface area (Å²) in [7, 11) is -2.23. The van der Waals surface area contributed by atoms with E-state index in [-0.39, 0.29) is 5.03 Å². The number of nitrogens with two attached hydrogens (primary N) is 1. The second kappa shape index (κ2) is 5.16. The fourth-order valence-electron chi connectivity index (χ4n) is 1.97. The van der Waals surface area contributed by atoms with Crippen LogP contribution in [0.5, 0.6) is 0 Å². The standard InChI is InChI=1S/C13H18N4O2S/c1-4-17-9-13(15-10(17)2)20(18,19)16(3)12-8-6-5-7-11(12)14/h5-9H,4,14H2,1-3H3. The first-order chi connectivity index (χ1) is 9.37. The lowest BCUT2D eigenvalue weighted by Gasteiger charge is -2.19. The summed E-state index contributed by atoms with van der Waals surface area (Å²) in [6.45, 7) is 4.38. The minimum absolute atomic E-state index is 0.0302. The second-order valence-corrected chi connectivity index (χ2v) is 6.36. The third-order valence-corrected chi connectivity index (χ3v) is 4.84. The second-order valence-electron chi connectivity index (χ2n) is 4.44. The molecule has 0 spiro atoms. The van der Waals surface area contributed by atoms with Gasteiger partial charge in [-0.3, -0.25) is 4.31 Å². The Morgan fingerprint density at radius 3 is 2.55 bits per heavy atom. The molecule has 2 rings (SSSR count). The first kappa shape index (κ1) is 14.4. The molecule has 2 aromatic rings. The lowest BCUT2D eigenvalue weighted by Crippen LogP contribution is -2.27. The average molecular weight is 294 g/mol. The van der Waals surface area contributed by atoms with Crippen LogP contribution in [0, 0.1) is 6.92 Å². The van der Waals surface area contributed by atoms with E-state index in [1.165, 1.54) is 7.05 Å². The first-order valence-electron chi connectivity index (χ1n) is 6.25. The Balaban J connectivity index is 2.47. The third kappa shape index (κ3) is 2.36. The summed E-state index contributed by atoms with van der Waals surface area (Å²) < 4.78 is 28.1. The van der Waals surface area contributed by atoms with Gasteiger partial charge in [-0.1, -0.05) is 12.1 Å². The highest BCUT2D eigenvalue weighted by Gasteiger charge is 2.25. The van der Waals surface area contributed by atoms with E-state index >= 15 is 0 Å². The van der Waals surface area contributed by atoms with Crippen molar-refractivity contribution >= 4 is 21.4 Å². The number of rotatable bonds is 4. The maximum absolute atomic E-state index is 12.6. The number of nitrogen functional groups attached to an aromatic ring is 1. The van der Waals surface area contributed by atoms with Gasteiger partial charge in [0.25, 0.3) is 10.0 Å². The van der Waals surface area contributed by atoms with E-state index in [0.29, 0.717) is 23.7 Å². The molecule has 20 heavy (non-hydrogen) atoms. The van der Waals surface area contributed by atoms with Gasteiger partial charge < -0.3 is 10.3 Å². The Kier molecular flexibility index (Phi) is 3.71. The summed E-state index contributed by atoms with van der Waals surface area (Å²) in [5.74, 6) is 0.667. The molecule has 0 bridgehead atoms. The van der Waals surface area contributed by atoms with Crippen molar-refractivity contribution in [2.24, 2.45) is 0 Å². The van der Waals surface area contributed by atoms with Crippen LogP contribution in [0.1, 0.15) is 12.7 Å². The maximum atomic E-state index is 12.6. The van der Waals surface area contributed by atoms with E-state index < -0.39 is 10.0 Å². The molecule has 0 amide bonds. The van der Waals surface area contributed by atoms with E-state index in [9.17, 15) is 8.42 Å². The molecular weight excluding hydrogens is 276 g/mol. The fourth-order valence-corrected chi connectivity index (χ4v) is 3.18. The number of nitrogens with zero attached hydrogens (tertiary/aromatic N) is 3. The van der Waals surface area contributed by atoms with E-state index in [1.807, 2.05) is 6.92 Å². The van der Waals surface area contributed by atoms with Crippen LogP contribution in [-0.4, -0.2) is 25.0 Å². The Hall–Kier alpha value is -2.02. The van der Waals surface area contributed by atoms with Gasteiger partial charge in [0.1, 0.15) is 5.82 Å². The summed E-state index contributed by atoms with van der Waals surface area (Å²) in [5, 5.41) is 0.0302. The molecule has 0 saturated heterocycles. The van der Waals surface area contributed by atoms with Crippen molar-refractivity contribution in [2.75, 3.05) is 17.1 Å². The van der Waals surface area contributed by atoms with Crippen LogP contribution in [0.3, 0.4) is 0 Å². The molecular formula is C13H18N4O2S. The summed E-state index contributed by atoms with van der Waals surface area (Å²) in [6.07, 6.45) is 1.54. The molecule has 0 radical (unpaired) electrons. The molecule has 0 saturated carbocycles. The number of hydrogen-bond acceptors (Lipinski definition) is 4. The van der Waals surface area contributed by atoms with Crippen LogP contribution >= 0.6 is 0 Å². The lowest BCUT2D eigenvalue weighted by atomic mass is 10.3. The average Bonchev–Trinajstić information content (AvgIpc) is 2.80. The number of benzene rings is 1. The molecule has 6 nitrogen and oxygen atoms in total. The largest absolute Gasteiger partial charge is 0.397 e. The summed E-state index contributed by atoms with van der Waals surface area (Å²) in [5.41, 5.74) is 6.67. The van der Waals surface area contributed by atoms with Gasteiger partial charge in [0.2, 0.25) is 0 Å². The zero-order valence-electron chi connectivity index (χ0n) is 11.7. The monoisotopic (exact) mass is 294 g/mol. The van der Waals surface area contributed by atoms with Gasteiger partial charge in [-0.2, -0.15) is 8.42 Å². The highest BCUT2D eigenvalue weighted by atomic mass is 32.2. The molecule has 0 atom stereocenters. The van der Waals surface area contributed by atoms with Crippen molar-refractivity contribution in [1.82, 2.24) is 9.55 Å². The van der Waals surface area contributed by atoms with Crippen LogP contribution in [0.25, 0.3) is 0 Å². The van der Waals surface area contributed by atoms with E-state index in [4.69, 9.17) is 5.73 Å². The van der Waals surface area contributed by atoms with Crippen LogP contribution < -0.4 is 10.0 Å². The Bertz CT molecular complexity index is 722. The van der Waals surface area contributed by atoms with Crippen LogP contribution in [-0.2, 0) is 16.6 Å². The topological polar surface area (TPSA) is 81.2 Å². The molecule has 0 aliphatic rings. The molecule has 1 aromatic heterocycles. The summed E-state index contributed by atoms with van der Waals surface area (Å²) >= 11 is 0. The number of aryl methyl sites for hydroxylation is 2. The SMILES string of the molecule is CCn1cc(S(=O)(=O)N(C)c2ccccc2N)nc1C. The quantitative estimate of drug-likeness (QED) is 0.869. The number of aromatic nitrogens is 2. The smallest absolute Gasteiger partial charge is 0.283 e. The van der Waals surface area contributed by atoms with Crippen molar-refractivity contribution in [2.45, 2.75) is 25.4 Å². The lowest BCUT2D eigenvalue weighted by molar-refractivity contribution is 0.591. The molecule has 0 aliphatic carbocycles. The minimum atomic E-state index is -3.70. The summed E-state index contributed by atoms with van der Waals surface area (Å²) in [6, 6.07) is 6.83. The number of anilines is 2.